The number of benzene rings is 1. The van der Waals surface area contributed by atoms with E-state index < -0.39 is 5.91 Å². The predicted octanol–water partition coefficient (Wildman–Crippen LogP) is -0.0381. The molecule has 1 aromatic rings. The van der Waals surface area contributed by atoms with Gasteiger partial charge in [-0.1, -0.05) is 0 Å². The molecule has 1 fully saturated rings. The zero-order chi connectivity index (χ0) is 15.4. The van der Waals surface area contributed by atoms with Crippen molar-refractivity contribution >= 4 is 17.5 Å². The Morgan fingerprint density at radius 3 is 2.57 bits per heavy atom. The van der Waals surface area contributed by atoms with Crippen LogP contribution in [0.25, 0.3) is 0 Å². The molecular formula is C15H22N4O2. The molecule has 1 saturated heterocycles. The number of piperazine rings is 1. The van der Waals surface area contributed by atoms with Gasteiger partial charge in [-0.25, -0.2) is 0 Å². The molecule has 1 heterocycles. The van der Waals surface area contributed by atoms with Gasteiger partial charge in [-0.15, -0.1) is 0 Å². The van der Waals surface area contributed by atoms with Crippen molar-refractivity contribution in [1.82, 2.24) is 10.2 Å². The molecule has 114 valence electrons. The largest absolute Gasteiger partial charge is 0.366 e. The van der Waals surface area contributed by atoms with Gasteiger partial charge < -0.3 is 20.9 Å². The molecule has 0 radical (unpaired) electrons. The summed E-state index contributed by atoms with van der Waals surface area (Å²) in [5.74, 6) is -0.318. The van der Waals surface area contributed by atoms with Crippen LogP contribution in [0.15, 0.2) is 18.2 Å². The Morgan fingerprint density at radius 1 is 1.33 bits per heavy atom. The van der Waals surface area contributed by atoms with E-state index in [1.165, 1.54) is 0 Å². The second-order valence-corrected chi connectivity index (χ2v) is 5.35. The predicted molar refractivity (Wildman–Crippen MR) is 82.4 cm³/mol. The van der Waals surface area contributed by atoms with Gasteiger partial charge in [0.05, 0.1) is 6.54 Å². The summed E-state index contributed by atoms with van der Waals surface area (Å²) >= 11 is 0. The van der Waals surface area contributed by atoms with Crippen molar-refractivity contribution in [2.45, 2.75) is 6.92 Å². The van der Waals surface area contributed by atoms with E-state index in [0.717, 1.165) is 37.4 Å². The molecule has 1 aliphatic rings. The minimum absolute atomic E-state index is 0.123. The van der Waals surface area contributed by atoms with Crippen LogP contribution in [0, 0.1) is 6.92 Å². The number of rotatable bonds is 4. The van der Waals surface area contributed by atoms with Crippen molar-refractivity contribution < 1.29 is 9.59 Å². The van der Waals surface area contributed by atoms with Crippen LogP contribution >= 0.6 is 0 Å². The lowest BCUT2D eigenvalue weighted by atomic mass is 10.1. The van der Waals surface area contributed by atoms with Crippen molar-refractivity contribution in [3.63, 3.8) is 0 Å². The number of nitrogens with one attached hydrogen (secondary N) is 1. The van der Waals surface area contributed by atoms with Gasteiger partial charge in [0.25, 0.3) is 0 Å². The Morgan fingerprint density at radius 2 is 2.00 bits per heavy atom. The summed E-state index contributed by atoms with van der Waals surface area (Å²) in [6.45, 7) is 5.45. The van der Waals surface area contributed by atoms with Crippen molar-refractivity contribution in [3.8, 4) is 0 Å². The number of likely N-dealkylation sites (N-methyl/N-ethyl adjacent to an activating group) is 1. The summed E-state index contributed by atoms with van der Waals surface area (Å²) in [6.07, 6.45) is 0. The van der Waals surface area contributed by atoms with Crippen LogP contribution in [-0.2, 0) is 4.79 Å². The fourth-order valence-corrected chi connectivity index (χ4v) is 2.54. The minimum Gasteiger partial charge on any atom is -0.366 e. The fourth-order valence-electron chi connectivity index (χ4n) is 2.54. The van der Waals surface area contributed by atoms with E-state index in [-0.39, 0.29) is 5.91 Å². The van der Waals surface area contributed by atoms with Gasteiger partial charge in [0, 0.05) is 44.5 Å². The molecule has 0 atom stereocenters. The Kier molecular flexibility index (Phi) is 4.80. The first-order valence-corrected chi connectivity index (χ1v) is 7.09. The average Bonchev–Trinajstić information content (AvgIpc) is 2.47. The molecule has 2 rings (SSSR count). The number of primary amides is 1. The van der Waals surface area contributed by atoms with Crippen LogP contribution in [0.5, 0.6) is 0 Å². The van der Waals surface area contributed by atoms with Crippen molar-refractivity contribution in [2.75, 3.05) is 44.7 Å². The molecule has 3 N–H and O–H groups in total. The van der Waals surface area contributed by atoms with Crippen molar-refractivity contribution in [1.29, 1.82) is 0 Å². The lowest BCUT2D eigenvalue weighted by Crippen LogP contribution is -2.49. The Hall–Kier alpha value is -2.08. The normalized spacial score (nSPS) is 14.9. The molecule has 0 unspecified atom stereocenters. The maximum atomic E-state index is 12.3. The van der Waals surface area contributed by atoms with E-state index in [9.17, 15) is 9.59 Å². The Labute approximate surface area is 124 Å². The molecule has 1 aromatic carbocycles. The summed E-state index contributed by atoms with van der Waals surface area (Å²) in [6, 6.07) is 5.28. The third kappa shape index (κ3) is 3.72. The minimum atomic E-state index is -0.441. The molecule has 6 nitrogen and oxygen atoms in total. The number of nitrogens with zero attached hydrogens (tertiary/aromatic N) is 2. The van der Waals surface area contributed by atoms with Crippen LogP contribution in [0.3, 0.4) is 0 Å². The van der Waals surface area contributed by atoms with Gasteiger partial charge in [0.1, 0.15) is 0 Å². The average molecular weight is 290 g/mol. The number of amides is 2. The highest BCUT2D eigenvalue weighted by atomic mass is 16.2. The van der Waals surface area contributed by atoms with E-state index in [4.69, 9.17) is 5.73 Å². The van der Waals surface area contributed by atoms with E-state index in [0.29, 0.717) is 12.1 Å². The SMILES string of the molecule is Cc1cc(C(N)=O)ccc1N(C)CC(=O)N1CCNCC1. The van der Waals surface area contributed by atoms with Gasteiger partial charge in [-0.3, -0.25) is 9.59 Å². The summed E-state index contributed by atoms with van der Waals surface area (Å²) in [5, 5.41) is 3.23. The van der Waals surface area contributed by atoms with Crippen molar-refractivity contribution in [3.05, 3.63) is 29.3 Å². The number of hydrogen-bond acceptors (Lipinski definition) is 4. The number of hydrogen-bond donors (Lipinski definition) is 2. The number of anilines is 1. The monoisotopic (exact) mass is 290 g/mol. The third-order valence-electron chi connectivity index (χ3n) is 3.73. The number of carbonyl (C=O) groups is 2. The first-order chi connectivity index (χ1) is 9.99. The van der Waals surface area contributed by atoms with Gasteiger partial charge in [-0.2, -0.15) is 0 Å². The molecule has 2 amide bonds. The van der Waals surface area contributed by atoms with E-state index >= 15 is 0 Å². The summed E-state index contributed by atoms with van der Waals surface area (Å²) in [4.78, 5) is 27.2. The first-order valence-electron chi connectivity index (χ1n) is 7.09. The second-order valence-electron chi connectivity index (χ2n) is 5.35. The van der Waals surface area contributed by atoms with Crippen LogP contribution in [-0.4, -0.2) is 56.5 Å². The fraction of sp³-hybridized carbons (Fsp3) is 0.467. The molecule has 1 aliphatic heterocycles. The summed E-state index contributed by atoms with van der Waals surface area (Å²) in [5.41, 5.74) is 7.62. The molecule has 0 aliphatic carbocycles. The highest BCUT2D eigenvalue weighted by molar-refractivity contribution is 5.93. The zero-order valence-electron chi connectivity index (χ0n) is 12.6. The Balaban J connectivity index is 2.04. The third-order valence-corrected chi connectivity index (χ3v) is 3.73. The topological polar surface area (TPSA) is 78.7 Å². The van der Waals surface area contributed by atoms with Crippen LogP contribution in [0.2, 0.25) is 0 Å². The van der Waals surface area contributed by atoms with Gasteiger partial charge in [0.2, 0.25) is 11.8 Å². The molecular weight excluding hydrogens is 268 g/mol. The molecule has 0 saturated carbocycles. The maximum absolute atomic E-state index is 12.3. The van der Waals surface area contributed by atoms with Crippen LogP contribution in [0.1, 0.15) is 15.9 Å². The zero-order valence-corrected chi connectivity index (χ0v) is 12.6. The van der Waals surface area contributed by atoms with Crippen LogP contribution in [0.4, 0.5) is 5.69 Å². The van der Waals surface area contributed by atoms with Gasteiger partial charge in [0.15, 0.2) is 0 Å². The number of aryl methyl sites for hydroxylation is 1. The smallest absolute Gasteiger partial charge is 0.248 e. The van der Waals surface area contributed by atoms with E-state index in [2.05, 4.69) is 5.32 Å². The van der Waals surface area contributed by atoms with Crippen LogP contribution < -0.4 is 16.0 Å². The standard InChI is InChI=1S/C15H22N4O2/c1-11-9-12(15(16)21)3-4-13(11)18(2)10-14(20)19-7-5-17-6-8-19/h3-4,9,17H,5-8,10H2,1-2H3,(H2,16,21). The first kappa shape index (κ1) is 15.3. The highest BCUT2D eigenvalue weighted by Crippen LogP contribution is 2.20. The van der Waals surface area contributed by atoms with Crippen molar-refractivity contribution in [2.24, 2.45) is 5.73 Å². The number of nitrogens with two attached hydrogens (primary N) is 1. The number of carbonyl (C=O) groups excluding carboxylic acids is 2. The quantitative estimate of drug-likeness (QED) is 0.816. The van der Waals surface area contributed by atoms with E-state index in [1.54, 1.807) is 12.1 Å². The van der Waals surface area contributed by atoms with Gasteiger partial charge >= 0.3 is 0 Å². The molecule has 0 spiro atoms. The second kappa shape index (κ2) is 6.58. The van der Waals surface area contributed by atoms with Gasteiger partial charge in [-0.05, 0) is 30.7 Å². The lowest BCUT2D eigenvalue weighted by molar-refractivity contribution is -0.130. The summed E-state index contributed by atoms with van der Waals surface area (Å²) < 4.78 is 0. The molecule has 0 aromatic heterocycles. The Bertz CT molecular complexity index is 538. The molecule has 6 heteroatoms. The van der Waals surface area contributed by atoms with E-state index in [1.807, 2.05) is 29.8 Å². The highest BCUT2D eigenvalue weighted by Gasteiger charge is 2.18. The maximum Gasteiger partial charge on any atom is 0.248 e. The summed E-state index contributed by atoms with van der Waals surface area (Å²) in [7, 11) is 1.88. The lowest BCUT2D eigenvalue weighted by Gasteiger charge is -2.30. The molecule has 21 heavy (non-hydrogen) atoms. The molecule has 0 bridgehead atoms.